The number of hydrogen-bond donors (Lipinski definition) is 0. The molecule has 0 saturated carbocycles. The summed E-state index contributed by atoms with van der Waals surface area (Å²) in [5.41, 5.74) is 17.0. The van der Waals surface area contributed by atoms with Crippen molar-refractivity contribution in [3.63, 3.8) is 0 Å². The molecular weight excluding hydrogens is 741 g/mol. The Morgan fingerprint density at radius 2 is 0.639 bits per heavy atom. The maximum absolute atomic E-state index is 4.73. The maximum Gasteiger partial charge on any atom is 0.168 e. The molecule has 0 atom stereocenters. The highest BCUT2D eigenvalue weighted by Gasteiger charge is 2.19. The molecule has 10 rings (SSSR count). The molecule has 1 aromatic heterocycles. The van der Waals surface area contributed by atoms with E-state index in [1.807, 2.05) is 36.4 Å². The Morgan fingerprint density at radius 3 is 1.15 bits per heavy atom. The highest BCUT2D eigenvalue weighted by Crippen LogP contribution is 2.41. The summed E-state index contributed by atoms with van der Waals surface area (Å²) in [4.78, 5) is 2.32. The summed E-state index contributed by atoms with van der Waals surface area (Å²) in [5.74, 6) is 1.60. The Hall–Kier alpha value is -8.08. The molecule has 0 aliphatic heterocycles. The van der Waals surface area contributed by atoms with Crippen molar-refractivity contribution in [2.24, 2.45) is 0 Å². The second-order valence-electron chi connectivity index (χ2n) is 15.2. The van der Waals surface area contributed by atoms with Gasteiger partial charge in [0.05, 0.1) is 0 Å². The molecular formula is C57H42N4. The highest BCUT2D eigenvalue weighted by atomic mass is 15.3. The number of para-hydroxylation sites is 2. The van der Waals surface area contributed by atoms with E-state index in [1.54, 1.807) is 0 Å². The minimum absolute atomic E-state index is 0.795. The number of aromatic nitrogens is 3. The van der Waals surface area contributed by atoms with Crippen LogP contribution in [0.3, 0.4) is 0 Å². The lowest BCUT2D eigenvalue weighted by molar-refractivity contribution is 1.07. The van der Waals surface area contributed by atoms with Gasteiger partial charge in [-0.1, -0.05) is 194 Å². The summed E-state index contributed by atoms with van der Waals surface area (Å²) in [6.07, 6.45) is 0. The molecule has 0 bridgehead atoms. The molecule has 0 spiro atoms. The van der Waals surface area contributed by atoms with Gasteiger partial charge in [0.15, 0.2) is 11.6 Å². The monoisotopic (exact) mass is 782 g/mol. The topological polar surface area (TPSA) is 34.0 Å². The number of benzene rings is 9. The molecule has 0 radical (unpaired) electrons. The first-order valence-electron chi connectivity index (χ1n) is 20.7. The summed E-state index contributed by atoms with van der Waals surface area (Å²) in [6.45, 7) is 2.12. The van der Waals surface area contributed by atoms with Crippen molar-refractivity contribution in [2.45, 2.75) is 6.92 Å². The van der Waals surface area contributed by atoms with Gasteiger partial charge in [0.25, 0.3) is 0 Å². The highest BCUT2D eigenvalue weighted by molar-refractivity contribution is 5.92. The largest absolute Gasteiger partial charge is 0.311 e. The van der Waals surface area contributed by atoms with Crippen molar-refractivity contribution in [2.75, 3.05) is 4.90 Å². The molecule has 10 aromatic rings. The Bertz CT molecular complexity index is 3030. The van der Waals surface area contributed by atoms with Gasteiger partial charge in [-0.15, -0.1) is 10.2 Å². The first-order chi connectivity index (χ1) is 30.2. The SMILES string of the molecule is Cc1ccc(-c2ccc(N(c3ccccc3)c3ccc(-c4ccccc4-c4ccccc4-c4ccc(-c5nnc(-c6ccccc6)n5-c5ccccc5)cc4)cc3)cc2)cc1. The predicted octanol–water partition coefficient (Wildman–Crippen LogP) is 15.0. The van der Waals surface area contributed by atoms with E-state index < -0.39 is 0 Å². The minimum Gasteiger partial charge on any atom is -0.311 e. The molecule has 0 unspecified atom stereocenters. The quantitative estimate of drug-likeness (QED) is 0.139. The van der Waals surface area contributed by atoms with Crippen molar-refractivity contribution in [3.8, 4) is 73.0 Å². The normalized spacial score (nSPS) is 11.0. The predicted molar refractivity (Wildman–Crippen MR) is 253 cm³/mol. The first kappa shape index (κ1) is 37.2. The average molecular weight is 783 g/mol. The molecule has 0 aliphatic rings. The fourth-order valence-corrected chi connectivity index (χ4v) is 8.17. The number of hydrogen-bond acceptors (Lipinski definition) is 3. The lowest BCUT2D eigenvalue weighted by Crippen LogP contribution is -2.09. The minimum atomic E-state index is 0.795. The van der Waals surface area contributed by atoms with Crippen LogP contribution in [-0.2, 0) is 0 Å². The number of anilines is 3. The van der Waals surface area contributed by atoms with Crippen LogP contribution in [-0.4, -0.2) is 14.8 Å². The zero-order valence-corrected chi connectivity index (χ0v) is 33.8. The molecule has 9 aromatic carbocycles. The van der Waals surface area contributed by atoms with E-state index in [4.69, 9.17) is 5.10 Å². The van der Waals surface area contributed by atoms with E-state index in [9.17, 15) is 0 Å². The molecule has 1 heterocycles. The fourth-order valence-electron chi connectivity index (χ4n) is 8.17. The number of aryl methyl sites for hydroxylation is 1. The van der Waals surface area contributed by atoms with Crippen LogP contribution in [0.2, 0.25) is 0 Å². The van der Waals surface area contributed by atoms with E-state index in [0.717, 1.165) is 62.2 Å². The standard InChI is InChI=1S/C57H42N4/c1-41-25-27-42(28-26-41)43-33-37-50(38-34-43)60(48-17-7-3-8-18-48)51-39-35-45(36-40-51)53-22-12-14-24-55(53)54-23-13-11-21-52(54)44-29-31-47(32-30-44)57-59-58-56(46-15-5-2-6-16-46)61(57)49-19-9-4-10-20-49/h2-40H,1H3. The maximum atomic E-state index is 4.73. The second-order valence-corrected chi connectivity index (χ2v) is 15.2. The summed E-state index contributed by atoms with van der Waals surface area (Å²) < 4.78 is 2.14. The third-order valence-electron chi connectivity index (χ3n) is 11.3. The van der Waals surface area contributed by atoms with Gasteiger partial charge in [0.2, 0.25) is 0 Å². The van der Waals surface area contributed by atoms with Crippen molar-refractivity contribution < 1.29 is 0 Å². The van der Waals surface area contributed by atoms with Gasteiger partial charge in [-0.25, -0.2) is 0 Å². The van der Waals surface area contributed by atoms with Crippen molar-refractivity contribution in [1.29, 1.82) is 0 Å². The molecule has 290 valence electrons. The smallest absolute Gasteiger partial charge is 0.168 e. The Balaban J connectivity index is 0.974. The molecule has 0 amide bonds. The van der Waals surface area contributed by atoms with Crippen LogP contribution < -0.4 is 4.90 Å². The molecule has 4 heteroatoms. The molecule has 0 N–H and O–H groups in total. The fraction of sp³-hybridized carbons (Fsp3) is 0.0175. The summed E-state index contributed by atoms with van der Waals surface area (Å²) in [5, 5.41) is 9.41. The Kier molecular flexibility index (Phi) is 10.2. The summed E-state index contributed by atoms with van der Waals surface area (Å²) in [6, 6.07) is 83.8. The summed E-state index contributed by atoms with van der Waals surface area (Å²) >= 11 is 0. The van der Waals surface area contributed by atoms with Gasteiger partial charge in [-0.3, -0.25) is 4.57 Å². The van der Waals surface area contributed by atoms with Crippen LogP contribution in [0.4, 0.5) is 17.1 Å². The van der Waals surface area contributed by atoms with Crippen LogP contribution >= 0.6 is 0 Å². The zero-order chi connectivity index (χ0) is 41.0. The molecule has 0 fully saturated rings. The van der Waals surface area contributed by atoms with Gasteiger partial charge in [-0.05, 0) is 100.0 Å². The average Bonchev–Trinajstić information content (AvgIpc) is 3.79. The Morgan fingerprint density at radius 1 is 0.295 bits per heavy atom. The third kappa shape index (κ3) is 7.55. The van der Waals surface area contributed by atoms with Crippen LogP contribution in [0.1, 0.15) is 5.56 Å². The van der Waals surface area contributed by atoms with Gasteiger partial charge in [0.1, 0.15) is 0 Å². The van der Waals surface area contributed by atoms with Gasteiger partial charge >= 0.3 is 0 Å². The number of nitrogens with zero attached hydrogens (tertiary/aromatic N) is 4. The van der Waals surface area contributed by atoms with Gasteiger partial charge in [-0.2, -0.15) is 0 Å². The van der Waals surface area contributed by atoms with Crippen molar-refractivity contribution in [3.05, 3.63) is 242 Å². The van der Waals surface area contributed by atoms with E-state index >= 15 is 0 Å². The van der Waals surface area contributed by atoms with E-state index in [1.165, 1.54) is 33.4 Å². The van der Waals surface area contributed by atoms with Crippen LogP contribution in [0, 0.1) is 6.92 Å². The van der Waals surface area contributed by atoms with E-state index in [2.05, 4.69) is 222 Å². The van der Waals surface area contributed by atoms with Gasteiger partial charge < -0.3 is 4.90 Å². The lowest BCUT2D eigenvalue weighted by atomic mass is 9.89. The van der Waals surface area contributed by atoms with Crippen LogP contribution in [0.25, 0.3) is 73.0 Å². The first-order valence-corrected chi connectivity index (χ1v) is 20.7. The number of rotatable bonds is 10. The molecule has 4 nitrogen and oxygen atoms in total. The summed E-state index contributed by atoms with van der Waals surface area (Å²) in [7, 11) is 0. The van der Waals surface area contributed by atoms with Crippen molar-refractivity contribution in [1.82, 2.24) is 14.8 Å². The molecule has 61 heavy (non-hydrogen) atoms. The zero-order valence-electron chi connectivity index (χ0n) is 33.8. The van der Waals surface area contributed by atoms with Crippen LogP contribution in [0.5, 0.6) is 0 Å². The van der Waals surface area contributed by atoms with Crippen LogP contribution in [0.15, 0.2) is 237 Å². The second kappa shape index (κ2) is 16.6. The van der Waals surface area contributed by atoms with E-state index in [-0.39, 0.29) is 0 Å². The van der Waals surface area contributed by atoms with Gasteiger partial charge in [0, 0.05) is 33.9 Å². The third-order valence-corrected chi connectivity index (χ3v) is 11.3. The molecule has 0 saturated heterocycles. The lowest BCUT2D eigenvalue weighted by Gasteiger charge is -2.26. The Labute approximate surface area is 357 Å². The molecule has 0 aliphatic carbocycles. The van der Waals surface area contributed by atoms with E-state index in [0.29, 0.717) is 0 Å². The van der Waals surface area contributed by atoms with Crippen molar-refractivity contribution >= 4 is 17.1 Å².